The largest absolute Gasteiger partial charge is 0.373 e. The number of ketones is 1. The molecule has 0 spiro atoms. The zero-order valence-corrected chi connectivity index (χ0v) is 6.50. The van der Waals surface area contributed by atoms with E-state index in [-0.39, 0.29) is 5.78 Å². The van der Waals surface area contributed by atoms with Crippen LogP contribution in [0.5, 0.6) is 0 Å². The number of hydrogen-bond donors (Lipinski definition) is 1. The average Bonchev–Trinajstić information content (AvgIpc) is 2.53. The van der Waals surface area contributed by atoms with Gasteiger partial charge in [0.1, 0.15) is 6.10 Å². The topological polar surface area (TPSA) is 55.0 Å². The molecule has 1 atom stereocenters. The first-order chi connectivity index (χ1) is 5.25. The third kappa shape index (κ3) is 1.65. The molecule has 0 saturated carbocycles. The standard InChI is InChI=1S/C7H10N2O2/c1-5(11-2)6(10)7-8-3-4-9-7/h3-5H,1-2H3,(H,8,9). The summed E-state index contributed by atoms with van der Waals surface area (Å²) in [6.07, 6.45) is 2.71. The first-order valence-electron chi connectivity index (χ1n) is 3.32. The zero-order valence-electron chi connectivity index (χ0n) is 6.50. The van der Waals surface area contributed by atoms with Gasteiger partial charge in [0, 0.05) is 19.5 Å². The second-order valence-electron chi connectivity index (χ2n) is 2.18. The van der Waals surface area contributed by atoms with Crippen molar-refractivity contribution in [3.63, 3.8) is 0 Å². The lowest BCUT2D eigenvalue weighted by Gasteiger charge is -2.04. The molecule has 0 radical (unpaired) electrons. The minimum Gasteiger partial charge on any atom is -0.373 e. The summed E-state index contributed by atoms with van der Waals surface area (Å²) < 4.78 is 4.83. The second-order valence-corrected chi connectivity index (χ2v) is 2.18. The predicted octanol–water partition coefficient (Wildman–Crippen LogP) is 0.627. The van der Waals surface area contributed by atoms with Gasteiger partial charge in [0.2, 0.25) is 5.78 Å². The second kappa shape index (κ2) is 3.30. The Labute approximate surface area is 64.6 Å². The van der Waals surface area contributed by atoms with E-state index in [1.807, 2.05) is 0 Å². The number of ether oxygens (including phenoxy) is 1. The van der Waals surface area contributed by atoms with Crippen LogP contribution in [-0.4, -0.2) is 29.0 Å². The lowest BCUT2D eigenvalue weighted by atomic mass is 10.2. The van der Waals surface area contributed by atoms with E-state index in [9.17, 15) is 4.79 Å². The fourth-order valence-corrected chi connectivity index (χ4v) is 0.700. The summed E-state index contributed by atoms with van der Waals surface area (Å²) in [5, 5.41) is 0. The van der Waals surface area contributed by atoms with E-state index in [2.05, 4.69) is 9.97 Å². The van der Waals surface area contributed by atoms with Crippen LogP contribution in [0.1, 0.15) is 17.5 Å². The average molecular weight is 154 g/mol. The van der Waals surface area contributed by atoms with Crippen LogP contribution in [0.25, 0.3) is 0 Å². The van der Waals surface area contributed by atoms with Gasteiger partial charge in [-0.15, -0.1) is 0 Å². The van der Waals surface area contributed by atoms with E-state index in [0.717, 1.165) is 0 Å². The molecule has 0 aliphatic rings. The summed E-state index contributed by atoms with van der Waals surface area (Å²) in [7, 11) is 1.49. The van der Waals surface area contributed by atoms with Crippen molar-refractivity contribution < 1.29 is 9.53 Å². The van der Waals surface area contributed by atoms with Gasteiger partial charge >= 0.3 is 0 Å². The summed E-state index contributed by atoms with van der Waals surface area (Å²) in [5.74, 6) is 0.219. The van der Waals surface area contributed by atoms with Crippen LogP contribution in [0.3, 0.4) is 0 Å². The van der Waals surface area contributed by atoms with Crippen molar-refractivity contribution in [1.82, 2.24) is 9.97 Å². The lowest BCUT2D eigenvalue weighted by Crippen LogP contribution is -2.20. The number of carbonyl (C=O) groups excluding carboxylic acids is 1. The van der Waals surface area contributed by atoms with Crippen molar-refractivity contribution >= 4 is 5.78 Å². The van der Waals surface area contributed by atoms with Crippen LogP contribution >= 0.6 is 0 Å². The number of hydrogen-bond acceptors (Lipinski definition) is 3. The maximum Gasteiger partial charge on any atom is 0.226 e. The van der Waals surface area contributed by atoms with Gasteiger partial charge in [0.15, 0.2) is 5.82 Å². The Morgan fingerprint density at radius 1 is 1.82 bits per heavy atom. The Balaban J connectivity index is 2.70. The van der Waals surface area contributed by atoms with E-state index in [0.29, 0.717) is 5.82 Å². The zero-order chi connectivity index (χ0) is 8.27. The van der Waals surface area contributed by atoms with Crippen molar-refractivity contribution in [1.29, 1.82) is 0 Å². The number of H-pyrrole nitrogens is 1. The van der Waals surface area contributed by atoms with E-state index < -0.39 is 6.10 Å². The Morgan fingerprint density at radius 2 is 2.55 bits per heavy atom. The van der Waals surface area contributed by atoms with Crippen molar-refractivity contribution in [3.05, 3.63) is 18.2 Å². The summed E-state index contributed by atoms with van der Waals surface area (Å²) >= 11 is 0. The van der Waals surface area contributed by atoms with Crippen LogP contribution < -0.4 is 0 Å². The molecule has 1 aromatic rings. The molecule has 11 heavy (non-hydrogen) atoms. The van der Waals surface area contributed by atoms with E-state index in [1.54, 1.807) is 13.1 Å². The van der Waals surface area contributed by atoms with Gasteiger partial charge in [-0.25, -0.2) is 4.98 Å². The molecule has 1 unspecified atom stereocenters. The molecule has 60 valence electrons. The molecule has 0 amide bonds. The van der Waals surface area contributed by atoms with Crippen molar-refractivity contribution in [3.8, 4) is 0 Å². The number of methoxy groups -OCH3 is 1. The normalized spacial score (nSPS) is 12.9. The van der Waals surface area contributed by atoms with Crippen LogP contribution in [0, 0.1) is 0 Å². The molecule has 1 heterocycles. The first-order valence-corrected chi connectivity index (χ1v) is 3.32. The van der Waals surface area contributed by atoms with Gasteiger partial charge in [-0.1, -0.05) is 0 Å². The molecule has 1 aromatic heterocycles. The highest BCUT2D eigenvalue weighted by Crippen LogP contribution is 1.98. The molecular weight excluding hydrogens is 144 g/mol. The molecule has 1 rings (SSSR count). The van der Waals surface area contributed by atoms with Crippen LogP contribution in [0.2, 0.25) is 0 Å². The molecule has 0 fully saturated rings. The Kier molecular flexibility index (Phi) is 2.38. The molecule has 1 N–H and O–H groups in total. The maximum absolute atomic E-state index is 11.2. The third-order valence-electron chi connectivity index (χ3n) is 1.45. The first kappa shape index (κ1) is 7.94. The number of aromatic amines is 1. The van der Waals surface area contributed by atoms with Gasteiger partial charge in [-0.05, 0) is 6.92 Å². The molecule has 0 aliphatic heterocycles. The Hall–Kier alpha value is -1.16. The van der Waals surface area contributed by atoms with Crippen LogP contribution in [-0.2, 0) is 4.74 Å². The molecule has 0 aliphatic carbocycles. The van der Waals surface area contributed by atoms with E-state index >= 15 is 0 Å². The number of nitrogens with zero attached hydrogens (tertiary/aromatic N) is 1. The molecule has 0 bridgehead atoms. The minimum atomic E-state index is -0.429. The summed E-state index contributed by atoms with van der Waals surface area (Å²) in [6.45, 7) is 1.69. The number of imidazole rings is 1. The quantitative estimate of drug-likeness (QED) is 0.649. The molecule has 4 nitrogen and oxygen atoms in total. The maximum atomic E-state index is 11.2. The number of rotatable bonds is 3. The monoisotopic (exact) mass is 154 g/mol. The van der Waals surface area contributed by atoms with E-state index in [4.69, 9.17) is 4.74 Å². The lowest BCUT2D eigenvalue weighted by molar-refractivity contribution is 0.0646. The number of Topliss-reactive ketones (excluding diaryl/α,β-unsaturated/α-hetero) is 1. The van der Waals surface area contributed by atoms with Crippen molar-refractivity contribution in [2.45, 2.75) is 13.0 Å². The highest BCUT2D eigenvalue weighted by atomic mass is 16.5. The summed E-state index contributed by atoms with van der Waals surface area (Å²) in [6, 6.07) is 0. The van der Waals surface area contributed by atoms with Gasteiger partial charge in [-0.3, -0.25) is 4.79 Å². The van der Waals surface area contributed by atoms with E-state index in [1.165, 1.54) is 13.3 Å². The molecule has 0 aromatic carbocycles. The van der Waals surface area contributed by atoms with Gasteiger partial charge < -0.3 is 9.72 Å². The number of aromatic nitrogens is 2. The molecule has 4 heteroatoms. The summed E-state index contributed by atoms with van der Waals surface area (Å²) in [5.41, 5.74) is 0. The fraction of sp³-hybridized carbons (Fsp3) is 0.429. The number of carbonyl (C=O) groups is 1. The highest BCUT2D eigenvalue weighted by Gasteiger charge is 2.15. The van der Waals surface area contributed by atoms with Crippen molar-refractivity contribution in [2.75, 3.05) is 7.11 Å². The third-order valence-corrected chi connectivity index (χ3v) is 1.45. The molecular formula is C7H10N2O2. The minimum absolute atomic E-state index is 0.127. The fourth-order valence-electron chi connectivity index (χ4n) is 0.700. The number of nitrogens with one attached hydrogen (secondary N) is 1. The van der Waals surface area contributed by atoms with Crippen LogP contribution in [0.4, 0.5) is 0 Å². The van der Waals surface area contributed by atoms with Gasteiger partial charge in [0.05, 0.1) is 0 Å². The van der Waals surface area contributed by atoms with Gasteiger partial charge in [0.25, 0.3) is 0 Å². The Bertz CT molecular complexity index is 231. The van der Waals surface area contributed by atoms with Gasteiger partial charge in [-0.2, -0.15) is 0 Å². The molecule has 0 saturated heterocycles. The summed E-state index contributed by atoms with van der Waals surface area (Å²) in [4.78, 5) is 17.7. The predicted molar refractivity (Wildman–Crippen MR) is 39.4 cm³/mol. The SMILES string of the molecule is COC(C)C(=O)c1ncc[nH]1. The highest BCUT2D eigenvalue weighted by molar-refractivity contribution is 5.95. The van der Waals surface area contributed by atoms with Crippen molar-refractivity contribution in [2.24, 2.45) is 0 Å². The Morgan fingerprint density at radius 3 is 3.00 bits per heavy atom. The smallest absolute Gasteiger partial charge is 0.226 e. The van der Waals surface area contributed by atoms with Crippen LogP contribution in [0.15, 0.2) is 12.4 Å².